The van der Waals surface area contributed by atoms with Gasteiger partial charge in [0.05, 0.1) is 7.11 Å². The SMILES string of the molecule is COc1ccc(CCN2CCC[C@H](CN(C)CC=C(C)C)C2)cc1. The van der Waals surface area contributed by atoms with E-state index in [2.05, 4.69) is 61.0 Å². The molecule has 0 radical (unpaired) electrons. The van der Waals surface area contributed by atoms with Crippen LogP contribution < -0.4 is 4.74 Å². The molecule has 3 nitrogen and oxygen atoms in total. The van der Waals surface area contributed by atoms with Gasteiger partial charge in [0.1, 0.15) is 5.75 Å². The van der Waals surface area contributed by atoms with Gasteiger partial charge in [-0.2, -0.15) is 0 Å². The molecule has 24 heavy (non-hydrogen) atoms. The predicted octanol–water partition coefficient (Wildman–Crippen LogP) is 3.85. The summed E-state index contributed by atoms with van der Waals surface area (Å²) in [6, 6.07) is 8.50. The Labute approximate surface area is 148 Å². The topological polar surface area (TPSA) is 15.7 Å². The summed E-state index contributed by atoms with van der Waals surface area (Å²) in [5.74, 6) is 1.75. The van der Waals surface area contributed by atoms with E-state index < -0.39 is 0 Å². The third-order valence-corrected chi connectivity index (χ3v) is 4.86. The average Bonchev–Trinajstić information content (AvgIpc) is 2.59. The van der Waals surface area contributed by atoms with E-state index >= 15 is 0 Å². The molecule has 1 saturated heterocycles. The summed E-state index contributed by atoms with van der Waals surface area (Å²) in [7, 11) is 3.97. The first-order valence-corrected chi connectivity index (χ1v) is 9.24. The van der Waals surface area contributed by atoms with E-state index in [0.717, 1.165) is 24.6 Å². The Morgan fingerprint density at radius 3 is 2.71 bits per heavy atom. The zero-order chi connectivity index (χ0) is 17.4. The molecule has 1 aliphatic rings. The maximum absolute atomic E-state index is 5.23. The number of ether oxygens (including phenoxy) is 1. The van der Waals surface area contributed by atoms with Crippen molar-refractivity contribution < 1.29 is 4.74 Å². The van der Waals surface area contributed by atoms with Gasteiger partial charge in [-0.05, 0) is 70.3 Å². The van der Waals surface area contributed by atoms with E-state index in [4.69, 9.17) is 4.74 Å². The number of benzene rings is 1. The van der Waals surface area contributed by atoms with Crippen LogP contribution in [0.5, 0.6) is 5.75 Å². The van der Waals surface area contributed by atoms with Crippen molar-refractivity contribution in [3.8, 4) is 5.75 Å². The highest BCUT2D eigenvalue weighted by molar-refractivity contribution is 5.27. The lowest BCUT2D eigenvalue weighted by Gasteiger charge is -2.34. The molecule has 134 valence electrons. The number of piperidine rings is 1. The van der Waals surface area contributed by atoms with Crippen LogP contribution in [0.3, 0.4) is 0 Å². The fourth-order valence-corrected chi connectivity index (χ4v) is 3.44. The largest absolute Gasteiger partial charge is 0.497 e. The highest BCUT2D eigenvalue weighted by atomic mass is 16.5. The summed E-state index contributed by atoms with van der Waals surface area (Å²) in [4.78, 5) is 5.11. The van der Waals surface area contributed by atoms with Gasteiger partial charge < -0.3 is 14.5 Å². The molecule has 0 spiro atoms. The molecule has 2 rings (SSSR count). The van der Waals surface area contributed by atoms with Crippen LogP contribution in [0, 0.1) is 5.92 Å². The third kappa shape index (κ3) is 6.66. The zero-order valence-corrected chi connectivity index (χ0v) is 15.9. The zero-order valence-electron chi connectivity index (χ0n) is 15.9. The summed E-state index contributed by atoms with van der Waals surface area (Å²) in [6.07, 6.45) is 6.16. The van der Waals surface area contributed by atoms with E-state index in [-0.39, 0.29) is 0 Å². The summed E-state index contributed by atoms with van der Waals surface area (Å²) in [5, 5.41) is 0. The first-order chi connectivity index (χ1) is 11.6. The van der Waals surface area contributed by atoms with Gasteiger partial charge >= 0.3 is 0 Å². The van der Waals surface area contributed by atoms with Crippen LogP contribution in [0.4, 0.5) is 0 Å². The molecule has 0 amide bonds. The van der Waals surface area contributed by atoms with Crippen molar-refractivity contribution in [2.24, 2.45) is 5.92 Å². The molecule has 1 heterocycles. The molecule has 0 unspecified atom stereocenters. The number of hydrogen-bond acceptors (Lipinski definition) is 3. The van der Waals surface area contributed by atoms with Crippen LogP contribution >= 0.6 is 0 Å². The van der Waals surface area contributed by atoms with Gasteiger partial charge in [0.2, 0.25) is 0 Å². The number of allylic oxidation sites excluding steroid dienone is 1. The molecule has 0 aliphatic carbocycles. The van der Waals surface area contributed by atoms with Crippen molar-refractivity contribution in [2.75, 3.05) is 46.9 Å². The second-order valence-electron chi connectivity index (χ2n) is 7.41. The molecular weight excluding hydrogens is 296 g/mol. The van der Waals surface area contributed by atoms with E-state index in [1.807, 2.05) is 0 Å². The molecule has 0 saturated carbocycles. The van der Waals surface area contributed by atoms with Crippen molar-refractivity contribution in [1.29, 1.82) is 0 Å². The Kier molecular flexibility index (Phi) is 7.80. The number of hydrogen-bond donors (Lipinski definition) is 0. The van der Waals surface area contributed by atoms with Gasteiger partial charge in [-0.1, -0.05) is 23.8 Å². The average molecular weight is 331 g/mol. The lowest BCUT2D eigenvalue weighted by Crippen LogP contribution is -2.41. The molecule has 1 fully saturated rings. The predicted molar refractivity (Wildman–Crippen MR) is 103 cm³/mol. The maximum Gasteiger partial charge on any atom is 0.118 e. The van der Waals surface area contributed by atoms with E-state index in [0.29, 0.717) is 0 Å². The van der Waals surface area contributed by atoms with E-state index in [9.17, 15) is 0 Å². The Morgan fingerprint density at radius 2 is 2.04 bits per heavy atom. The Hall–Kier alpha value is -1.32. The lowest BCUT2D eigenvalue weighted by atomic mass is 9.97. The second kappa shape index (κ2) is 9.85. The fourth-order valence-electron chi connectivity index (χ4n) is 3.44. The summed E-state index contributed by atoms with van der Waals surface area (Å²) >= 11 is 0. The molecule has 0 N–H and O–H groups in total. The minimum Gasteiger partial charge on any atom is -0.497 e. The van der Waals surface area contributed by atoms with Crippen molar-refractivity contribution in [3.63, 3.8) is 0 Å². The van der Waals surface area contributed by atoms with E-state index in [1.165, 1.54) is 50.2 Å². The van der Waals surface area contributed by atoms with Crippen LogP contribution in [-0.4, -0.2) is 56.7 Å². The Bertz CT molecular complexity index is 505. The summed E-state index contributed by atoms with van der Waals surface area (Å²) in [6.45, 7) is 10.3. The number of likely N-dealkylation sites (N-methyl/N-ethyl adjacent to an activating group) is 1. The normalized spacial score (nSPS) is 18.6. The van der Waals surface area contributed by atoms with Gasteiger partial charge in [-0.3, -0.25) is 0 Å². The minimum atomic E-state index is 0.810. The molecule has 1 aliphatic heterocycles. The highest BCUT2D eigenvalue weighted by Gasteiger charge is 2.20. The third-order valence-electron chi connectivity index (χ3n) is 4.86. The number of nitrogens with zero attached hydrogens (tertiary/aromatic N) is 2. The van der Waals surface area contributed by atoms with Gasteiger partial charge in [0, 0.05) is 26.2 Å². The molecule has 0 aromatic heterocycles. The van der Waals surface area contributed by atoms with Crippen molar-refractivity contribution in [1.82, 2.24) is 9.80 Å². The van der Waals surface area contributed by atoms with Crippen LogP contribution in [0.25, 0.3) is 0 Å². The monoisotopic (exact) mass is 330 g/mol. The first-order valence-electron chi connectivity index (χ1n) is 9.24. The molecule has 1 atom stereocenters. The van der Waals surface area contributed by atoms with Crippen molar-refractivity contribution in [2.45, 2.75) is 33.1 Å². The van der Waals surface area contributed by atoms with Crippen LogP contribution in [0.2, 0.25) is 0 Å². The van der Waals surface area contributed by atoms with E-state index in [1.54, 1.807) is 7.11 Å². The first kappa shape index (κ1) is 19.0. The standard InChI is InChI=1S/C21H34N2O/c1-18(2)11-14-22(3)16-20-6-5-13-23(17-20)15-12-19-7-9-21(24-4)10-8-19/h7-11,20H,5-6,12-17H2,1-4H3/t20-/m1/s1. The smallest absolute Gasteiger partial charge is 0.118 e. The van der Waals surface area contributed by atoms with Crippen LogP contribution in [0.15, 0.2) is 35.9 Å². The molecule has 1 aromatic carbocycles. The minimum absolute atomic E-state index is 0.810. The van der Waals surface area contributed by atoms with Gasteiger partial charge in [-0.15, -0.1) is 0 Å². The molecule has 0 bridgehead atoms. The van der Waals surface area contributed by atoms with Crippen LogP contribution in [-0.2, 0) is 6.42 Å². The second-order valence-corrected chi connectivity index (χ2v) is 7.41. The number of rotatable bonds is 8. The maximum atomic E-state index is 5.23. The molecule has 1 aromatic rings. The fraction of sp³-hybridized carbons (Fsp3) is 0.619. The molecular formula is C21H34N2O. The van der Waals surface area contributed by atoms with Gasteiger partial charge in [-0.25, -0.2) is 0 Å². The number of methoxy groups -OCH3 is 1. The van der Waals surface area contributed by atoms with Crippen LogP contribution in [0.1, 0.15) is 32.3 Å². The van der Waals surface area contributed by atoms with Gasteiger partial charge in [0.25, 0.3) is 0 Å². The Morgan fingerprint density at radius 1 is 1.29 bits per heavy atom. The number of likely N-dealkylation sites (tertiary alicyclic amines) is 1. The summed E-state index contributed by atoms with van der Waals surface area (Å²) in [5.41, 5.74) is 2.81. The lowest BCUT2D eigenvalue weighted by molar-refractivity contribution is 0.148. The molecule has 3 heteroatoms. The summed E-state index contributed by atoms with van der Waals surface area (Å²) < 4.78 is 5.23. The highest BCUT2D eigenvalue weighted by Crippen LogP contribution is 2.18. The Balaban J connectivity index is 1.74. The van der Waals surface area contributed by atoms with Gasteiger partial charge in [0.15, 0.2) is 0 Å². The van der Waals surface area contributed by atoms with Crippen molar-refractivity contribution in [3.05, 3.63) is 41.5 Å². The quantitative estimate of drug-likeness (QED) is 0.673. The van der Waals surface area contributed by atoms with Crippen molar-refractivity contribution >= 4 is 0 Å².